The minimum Gasteiger partial charge on any atom is -0.340 e. The van der Waals surface area contributed by atoms with Crippen LogP contribution in [0, 0.1) is 33.5 Å². The summed E-state index contributed by atoms with van der Waals surface area (Å²) in [5.41, 5.74) is 8.06. The van der Waals surface area contributed by atoms with Crippen molar-refractivity contribution in [1.29, 1.82) is 0 Å². The second-order valence-electron chi connectivity index (χ2n) is 9.76. The Hall–Kier alpha value is -3.22. The maximum Gasteiger partial charge on any atom is 0.243 e. The number of hydrogen-bond donors (Lipinski definition) is 0. The van der Waals surface area contributed by atoms with Gasteiger partial charge in [0.05, 0.1) is 4.90 Å². The molecule has 0 unspecified atom stereocenters. The number of sulfonamides is 1. The Labute approximate surface area is 212 Å². The third-order valence-electron chi connectivity index (χ3n) is 7.16. The molecule has 6 heteroatoms. The predicted octanol–water partition coefficient (Wildman–Crippen LogP) is 6.54. The lowest BCUT2D eigenvalue weighted by atomic mass is 9.97. The lowest BCUT2D eigenvalue weighted by molar-refractivity contribution is 0.440. The van der Waals surface area contributed by atoms with Gasteiger partial charge in [-0.25, -0.2) is 12.8 Å². The van der Waals surface area contributed by atoms with E-state index in [0.29, 0.717) is 31.0 Å². The van der Waals surface area contributed by atoms with Gasteiger partial charge >= 0.3 is 0 Å². The van der Waals surface area contributed by atoms with Crippen LogP contribution in [0.2, 0.25) is 0 Å². The van der Waals surface area contributed by atoms with Gasteiger partial charge in [-0.2, -0.15) is 4.31 Å². The molecule has 186 valence electrons. The Morgan fingerprint density at radius 3 is 2.31 bits per heavy atom. The summed E-state index contributed by atoms with van der Waals surface area (Å²) in [6, 6.07) is 18.8. The molecule has 0 bridgehead atoms. The first kappa shape index (κ1) is 24.5. The van der Waals surface area contributed by atoms with Crippen molar-refractivity contribution in [1.82, 2.24) is 8.87 Å². The van der Waals surface area contributed by atoms with Gasteiger partial charge in [-0.05, 0) is 74.6 Å². The van der Waals surface area contributed by atoms with E-state index in [4.69, 9.17) is 0 Å². The molecule has 0 fully saturated rings. The van der Waals surface area contributed by atoms with Crippen LogP contribution in [0.3, 0.4) is 0 Å². The summed E-state index contributed by atoms with van der Waals surface area (Å²) in [7, 11) is -3.59. The molecule has 4 nitrogen and oxygen atoms in total. The fourth-order valence-electron chi connectivity index (χ4n) is 5.66. The molecular formula is C30H31FN2O2S. The highest BCUT2D eigenvalue weighted by molar-refractivity contribution is 7.89. The quantitative estimate of drug-likeness (QED) is 0.311. The van der Waals surface area contributed by atoms with Crippen molar-refractivity contribution >= 4 is 26.5 Å². The molecule has 5 rings (SSSR count). The molecule has 1 aliphatic rings. The Kier molecular flexibility index (Phi) is 6.35. The summed E-state index contributed by atoms with van der Waals surface area (Å²) in [5.74, 6) is -0.239. The second-order valence-corrected chi connectivity index (χ2v) is 11.6. The Balaban J connectivity index is 1.50. The molecule has 0 radical (unpaired) electrons. The summed E-state index contributed by atoms with van der Waals surface area (Å²) >= 11 is 0. The molecule has 0 N–H and O–H groups in total. The van der Waals surface area contributed by atoms with E-state index in [9.17, 15) is 12.8 Å². The highest BCUT2D eigenvalue weighted by Crippen LogP contribution is 2.36. The van der Waals surface area contributed by atoms with E-state index in [1.54, 1.807) is 16.4 Å². The molecule has 0 aliphatic carbocycles. The number of halogens is 1. The van der Waals surface area contributed by atoms with Crippen molar-refractivity contribution in [2.75, 3.05) is 13.1 Å². The van der Waals surface area contributed by atoms with E-state index in [-0.39, 0.29) is 5.82 Å². The zero-order chi connectivity index (χ0) is 25.6. The van der Waals surface area contributed by atoms with E-state index >= 15 is 0 Å². The fraction of sp³-hybridized carbons (Fsp3) is 0.267. The summed E-state index contributed by atoms with van der Waals surface area (Å²) in [4.78, 5) is 0.424. The number of hydrogen-bond acceptors (Lipinski definition) is 2. The zero-order valence-corrected chi connectivity index (χ0v) is 22.0. The number of aryl methyl sites for hydroxylation is 3. The second kappa shape index (κ2) is 9.34. The molecule has 1 aromatic heterocycles. The summed E-state index contributed by atoms with van der Waals surface area (Å²) in [6.45, 7) is 9.17. The van der Waals surface area contributed by atoms with Crippen LogP contribution in [0.5, 0.6) is 0 Å². The van der Waals surface area contributed by atoms with Crippen LogP contribution in [-0.2, 0) is 16.6 Å². The van der Waals surface area contributed by atoms with Crippen molar-refractivity contribution in [2.45, 2.75) is 45.6 Å². The normalized spacial score (nSPS) is 14.9. The summed E-state index contributed by atoms with van der Waals surface area (Å²) < 4.78 is 44.8. The predicted molar refractivity (Wildman–Crippen MR) is 144 cm³/mol. The molecule has 36 heavy (non-hydrogen) atoms. The third kappa shape index (κ3) is 4.29. The molecule has 3 aromatic carbocycles. The minimum absolute atomic E-state index is 0.239. The van der Waals surface area contributed by atoms with Gasteiger partial charge in [0.1, 0.15) is 5.82 Å². The van der Waals surface area contributed by atoms with E-state index in [0.717, 1.165) is 50.0 Å². The van der Waals surface area contributed by atoms with Crippen LogP contribution in [0.15, 0.2) is 71.6 Å². The fourth-order valence-corrected chi connectivity index (χ4v) is 7.45. The average molecular weight is 503 g/mol. The maximum atomic E-state index is 13.8. The summed E-state index contributed by atoms with van der Waals surface area (Å²) in [6.07, 6.45) is 2.69. The minimum atomic E-state index is -3.59. The average Bonchev–Trinajstić information content (AvgIpc) is 3.09. The first-order valence-electron chi connectivity index (χ1n) is 12.3. The van der Waals surface area contributed by atoms with Gasteiger partial charge in [0.2, 0.25) is 10.0 Å². The first-order chi connectivity index (χ1) is 17.2. The number of fused-ring (bicyclic) bond motifs is 1. The number of benzene rings is 3. The molecule has 1 aliphatic heterocycles. The van der Waals surface area contributed by atoms with Crippen LogP contribution in [0.25, 0.3) is 16.5 Å². The van der Waals surface area contributed by atoms with Crippen molar-refractivity contribution in [3.63, 3.8) is 0 Å². The van der Waals surface area contributed by atoms with Crippen LogP contribution in [0.4, 0.5) is 4.39 Å². The molecule has 0 spiro atoms. The number of rotatable bonds is 5. The van der Waals surface area contributed by atoms with E-state index in [2.05, 4.69) is 29.7 Å². The van der Waals surface area contributed by atoms with Crippen LogP contribution in [-0.4, -0.2) is 30.4 Å². The smallest absolute Gasteiger partial charge is 0.243 e. The molecular weight excluding hydrogens is 471 g/mol. The molecule has 0 amide bonds. The zero-order valence-electron chi connectivity index (χ0n) is 21.2. The number of para-hydroxylation sites is 1. The highest BCUT2D eigenvalue weighted by atomic mass is 32.2. The van der Waals surface area contributed by atoms with Gasteiger partial charge in [0, 0.05) is 41.8 Å². The van der Waals surface area contributed by atoms with Crippen molar-refractivity contribution in [2.24, 2.45) is 0 Å². The number of nitrogens with zero attached hydrogens (tertiary/aromatic N) is 2. The van der Waals surface area contributed by atoms with Crippen molar-refractivity contribution in [3.05, 3.63) is 106 Å². The van der Waals surface area contributed by atoms with Gasteiger partial charge in [0.25, 0.3) is 0 Å². The first-order valence-corrected chi connectivity index (χ1v) is 13.7. The molecule has 4 aromatic rings. The van der Waals surface area contributed by atoms with Gasteiger partial charge < -0.3 is 4.57 Å². The highest BCUT2D eigenvalue weighted by Gasteiger charge is 2.30. The third-order valence-corrected chi connectivity index (χ3v) is 9.33. The summed E-state index contributed by atoms with van der Waals surface area (Å²) in [5, 5.41) is 1.14. The Bertz CT molecular complexity index is 1590. The van der Waals surface area contributed by atoms with Crippen molar-refractivity contribution in [3.8, 4) is 0 Å². The monoisotopic (exact) mass is 502 g/mol. The topological polar surface area (TPSA) is 42.3 Å². The molecule has 0 saturated carbocycles. The van der Waals surface area contributed by atoms with Crippen LogP contribution in [0.1, 0.15) is 39.9 Å². The lowest BCUT2D eigenvalue weighted by Crippen LogP contribution is -2.35. The van der Waals surface area contributed by atoms with E-state index < -0.39 is 10.0 Å². The SMILES string of the molecule is Cc1cc(C)c(S(=O)(=O)N2CC=C(c3c(C)n(Cc4cccc(F)c4)c4ccccc34)CC2)c(C)c1. The van der Waals surface area contributed by atoms with Gasteiger partial charge in [-0.3, -0.25) is 0 Å². The van der Waals surface area contributed by atoms with Gasteiger partial charge in [0.15, 0.2) is 0 Å². The Morgan fingerprint density at radius 1 is 0.917 bits per heavy atom. The van der Waals surface area contributed by atoms with Crippen LogP contribution >= 0.6 is 0 Å². The number of aromatic nitrogens is 1. The molecule has 0 saturated heterocycles. The lowest BCUT2D eigenvalue weighted by Gasteiger charge is -2.27. The van der Waals surface area contributed by atoms with E-state index in [1.807, 2.05) is 51.1 Å². The van der Waals surface area contributed by atoms with Gasteiger partial charge in [-0.1, -0.05) is 54.1 Å². The van der Waals surface area contributed by atoms with Crippen molar-refractivity contribution < 1.29 is 12.8 Å². The van der Waals surface area contributed by atoms with E-state index in [1.165, 1.54) is 6.07 Å². The molecule has 0 atom stereocenters. The van der Waals surface area contributed by atoms with Crippen LogP contribution < -0.4 is 0 Å². The molecule has 2 heterocycles. The standard InChI is InChI=1S/C30H31FN2O2S/c1-20-16-21(2)30(22(3)17-20)36(34,35)32-14-12-25(13-15-32)29-23(4)33(28-11-6-5-10-27(28)29)19-24-8-7-9-26(31)18-24/h5-12,16-18H,13-15,19H2,1-4H3. The Morgan fingerprint density at radius 2 is 1.64 bits per heavy atom. The maximum absolute atomic E-state index is 13.8. The van der Waals surface area contributed by atoms with Gasteiger partial charge in [-0.15, -0.1) is 0 Å². The largest absolute Gasteiger partial charge is 0.340 e.